The third kappa shape index (κ3) is 3.93. The molecule has 0 aliphatic carbocycles. The molecule has 0 aliphatic heterocycles. The Kier molecular flexibility index (Phi) is 4.73. The third-order valence-electron chi connectivity index (χ3n) is 2.87. The summed E-state index contributed by atoms with van der Waals surface area (Å²) < 4.78 is 5.38. The highest BCUT2D eigenvalue weighted by molar-refractivity contribution is 5.70. The molecular weight excluding hydrogens is 270 g/mol. The van der Waals surface area contributed by atoms with Crippen LogP contribution in [0.1, 0.15) is 5.56 Å². The molecule has 2 rings (SSSR count). The van der Waals surface area contributed by atoms with Gasteiger partial charge >= 0.3 is 0 Å². The lowest BCUT2D eigenvalue weighted by molar-refractivity contribution is -0.384. The van der Waals surface area contributed by atoms with E-state index in [-0.39, 0.29) is 5.69 Å². The average Bonchev–Trinajstić information content (AvgIpc) is 2.48. The van der Waals surface area contributed by atoms with E-state index >= 15 is 0 Å². The van der Waals surface area contributed by atoms with Crippen LogP contribution >= 0.6 is 0 Å². The summed E-state index contributed by atoms with van der Waals surface area (Å²) >= 11 is 0. The molecule has 0 heterocycles. The van der Waals surface area contributed by atoms with E-state index in [9.17, 15) is 10.1 Å². The standard InChI is InChI=1S/C15H17N3O3/c1-11-2-7-14(15(10-11)18(19)20)17-12-3-5-13(6-4-12)21-9-8-16/h2-7,10,17H,8-9,16H2,1H3. The molecular formula is C15H17N3O3. The molecule has 0 amide bonds. The fraction of sp³-hybridized carbons (Fsp3) is 0.200. The van der Waals surface area contributed by atoms with Crippen LogP contribution in [-0.2, 0) is 0 Å². The quantitative estimate of drug-likeness (QED) is 0.629. The lowest BCUT2D eigenvalue weighted by Crippen LogP contribution is -2.10. The summed E-state index contributed by atoms with van der Waals surface area (Å²) in [7, 11) is 0. The number of benzene rings is 2. The lowest BCUT2D eigenvalue weighted by Gasteiger charge is -2.09. The van der Waals surface area contributed by atoms with Gasteiger partial charge in [-0.25, -0.2) is 0 Å². The Balaban J connectivity index is 2.16. The second-order valence-electron chi connectivity index (χ2n) is 4.56. The highest BCUT2D eigenvalue weighted by atomic mass is 16.6. The van der Waals surface area contributed by atoms with E-state index in [1.54, 1.807) is 36.4 Å². The van der Waals surface area contributed by atoms with Crippen molar-refractivity contribution >= 4 is 17.1 Å². The zero-order valence-corrected chi connectivity index (χ0v) is 11.7. The number of nitrogens with one attached hydrogen (secondary N) is 1. The van der Waals surface area contributed by atoms with Crippen LogP contribution in [0.5, 0.6) is 5.75 Å². The second-order valence-corrected chi connectivity index (χ2v) is 4.56. The Morgan fingerprint density at radius 2 is 1.95 bits per heavy atom. The Morgan fingerprint density at radius 1 is 1.24 bits per heavy atom. The van der Waals surface area contributed by atoms with Crippen LogP contribution in [0.15, 0.2) is 42.5 Å². The zero-order chi connectivity index (χ0) is 15.2. The number of ether oxygens (including phenoxy) is 1. The maximum atomic E-state index is 11.1. The molecule has 2 aromatic carbocycles. The van der Waals surface area contributed by atoms with E-state index in [4.69, 9.17) is 10.5 Å². The van der Waals surface area contributed by atoms with Gasteiger partial charge in [-0.1, -0.05) is 6.07 Å². The number of aryl methyl sites for hydroxylation is 1. The molecule has 0 aromatic heterocycles. The Hall–Kier alpha value is -2.60. The Labute approximate surface area is 122 Å². The van der Waals surface area contributed by atoms with Gasteiger partial charge in [-0.2, -0.15) is 0 Å². The monoisotopic (exact) mass is 287 g/mol. The zero-order valence-electron chi connectivity index (χ0n) is 11.7. The number of hydrogen-bond donors (Lipinski definition) is 2. The van der Waals surface area contributed by atoms with Gasteiger partial charge in [-0.3, -0.25) is 10.1 Å². The molecule has 0 bridgehead atoms. The molecule has 6 nitrogen and oxygen atoms in total. The van der Waals surface area contributed by atoms with Crippen LogP contribution in [0.4, 0.5) is 17.1 Å². The molecule has 0 saturated carbocycles. The van der Waals surface area contributed by atoms with Crippen LogP contribution in [-0.4, -0.2) is 18.1 Å². The maximum Gasteiger partial charge on any atom is 0.292 e. The first-order valence-corrected chi connectivity index (χ1v) is 6.55. The second kappa shape index (κ2) is 6.71. The van der Waals surface area contributed by atoms with E-state index in [0.29, 0.717) is 24.6 Å². The van der Waals surface area contributed by atoms with E-state index in [1.807, 2.05) is 13.0 Å². The number of anilines is 2. The van der Waals surface area contributed by atoms with Crippen molar-refractivity contribution in [3.63, 3.8) is 0 Å². The van der Waals surface area contributed by atoms with Gasteiger partial charge < -0.3 is 15.8 Å². The minimum absolute atomic E-state index is 0.0541. The van der Waals surface area contributed by atoms with Crippen LogP contribution in [0.25, 0.3) is 0 Å². The molecule has 0 atom stereocenters. The predicted octanol–water partition coefficient (Wildman–Crippen LogP) is 2.98. The van der Waals surface area contributed by atoms with Crippen molar-refractivity contribution in [3.8, 4) is 5.75 Å². The average molecular weight is 287 g/mol. The van der Waals surface area contributed by atoms with Crippen molar-refractivity contribution in [2.45, 2.75) is 6.92 Å². The first kappa shape index (κ1) is 14.8. The summed E-state index contributed by atoms with van der Waals surface area (Å²) in [5.41, 5.74) is 7.48. The van der Waals surface area contributed by atoms with Gasteiger partial charge in [0.25, 0.3) is 5.69 Å². The van der Waals surface area contributed by atoms with E-state index in [0.717, 1.165) is 11.3 Å². The molecule has 21 heavy (non-hydrogen) atoms. The van der Waals surface area contributed by atoms with Gasteiger partial charge in [0.1, 0.15) is 18.0 Å². The number of nitrogens with two attached hydrogens (primary N) is 1. The maximum absolute atomic E-state index is 11.1. The van der Waals surface area contributed by atoms with Crippen LogP contribution < -0.4 is 15.8 Å². The molecule has 110 valence electrons. The van der Waals surface area contributed by atoms with Crippen molar-refractivity contribution < 1.29 is 9.66 Å². The van der Waals surface area contributed by atoms with Crippen molar-refractivity contribution in [3.05, 3.63) is 58.1 Å². The summed E-state index contributed by atoms with van der Waals surface area (Å²) in [5, 5.41) is 14.1. The van der Waals surface area contributed by atoms with Crippen LogP contribution in [0, 0.1) is 17.0 Å². The Morgan fingerprint density at radius 3 is 2.57 bits per heavy atom. The van der Waals surface area contributed by atoms with E-state index in [1.165, 1.54) is 0 Å². The number of nitro groups is 1. The molecule has 0 radical (unpaired) electrons. The molecule has 0 saturated heterocycles. The fourth-order valence-corrected chi connectivity index (χ4v) is 1.87. The predicted molar refractivity (Wildman–Crippen MR) is 82.1 cm³/mol. The van der Waals surface area contributed by atoms with Gasteiger partial charge in [-0.15, -0.1) is 0 Å². The number of rotatable bonds is 6. The minimum Gasteiger partial charge on any atom is -0.492 e. The van der Waals surface area contributed by atoms with Crippen molar-refractivity contribution in [2.24, 2.45) is 5.73 Å². The first-order valence-electron chi connectivity index (χ1n) is 6.55. The van der Waals surface area contributed by atoms with Crippen molar-refractivity contribution in [2.75, 3.05) is 18.5 Å². The van der Waals surface area contributed by atoms with Gasteiger partial charge in [0.2, 0.25) is 0 Å². The summed E-state index contributed by atoms with van der Waals surface area (Å²) in [6, 6.07) is 12.3. The molecule has 0 unspecified atom stereocenters. The number of hydrogen-bond acceptors (Lipinski definition) is 5. The van der Waals surface area contributed by atoms with Gasteiger partial charge in [0.05, 0.1) is 4.92 Å². The summed E-state index contributed by atoms with van der Waals surface area (Å²) in [5.74, 6) is 0.712. The van der Waals surface area contributed by atoms with E-state index in [2.05, 4.69) is 5.32 Å². The molecule has 2 aromatic rings. The summed E-state index contributed by atoms with van der Waals surface area (Å²) in [4.78, 5) is 10.7. The molecule has 0 aliphatic rings. The van der Waals surface area contributed by atoms with Gasteiger partial charge in [-0.05, 0) is 42.8 Å². The van der Waals surface area contributed by atoms with Crippen LogP contribution in [0.3, 0.4) is 0 Å². The fourth-order valence-electron chi connectivity index (χ4n) is 1.87. The first-order chi connectivity index (χ1) is 10.1. The number of nitrogens with zero attached hydrogens (tertiary/aromatic N) is 1. The molecule has 0 spiro atoms. The minimum atomic E-state index is -0.395. The number of nitro benzene ring substituents is 1. The normalized spacial score (nSPS) is 10.2. The molecule has 3 N–H and O–H groups in total. The van der Waals surface area contributed by atoms with Crippen molar-refractivity contribution in [1.29, 1.82) is 0 Å². The van der Waals surface area contributed by atoms with Crippen LogP contribution in [0.2, 0.25) is 0 Å². The Bertz CT molecular complexity index is 627. The largest absolute Gasteiger partial charge is 0.492 e. The molecule has 6 heteroatoms. The van der Waals surface area contributed by atoms with Crippen molar-refractivity contribution in [1.82, 2.24) is 0 Å². The highest BCUT2D eigenvalue weighted by Crippen LogP contribution is 2.29. The lowest BCUT2D eigenvalue weighted by atomic mass is 10.2. The summed E-state index contributed by atoms with van der Waals surface area (Å²) in [6.45, 7) is 2.73. The smallest absolute Gasteiger partial charge is 0.292 e. The third-order valence-corrected chi connectivity index (χ3v) is 2.87. The topological polar surface area (TPSA) is 90.4 Å². The summed E-state index contributed by atoms with van der Waals surface area (Å²) in [6.07, 6.45) is 0. The van der Waals surface area contributed by atoms with Gasteiger partial charge in [0.15, 0.2) is 0 Å². The SMILES string of the molecule is Cc1ccc(Nc2ccc(OCCN)cc2)c([N+](=O)[O-])c1. The van der Waals surface area contributed by atoms with E-state index < -0.39 is 4.92 Å². The highest BCUT2D eigenvalue weighted by Gasteiger charge is 2.13. The van der Waals surface area contributed by atoms with Gasteiger partial charge in [0, 0.05) is 18.3 Å². The molecule has 0 fully saturated rings.